The average molecular weight is 212 g/mol. The molecular weight excluding hydrogens is 192 g/mol. The molecule has 0 aliphatic rings. The third-order valence-corrected chi connectivity index (χ3v) is 1.67. The van der Waals surface area contributed by atoms with Crippen LogP contribution in [0.1, 0.15) is 19.4 Å². The highest BCUT2D eigenvalue weighted by Gasteiger charge is 2.02. The highest BCUT2D eigenvalue weighted by atomic mass is 16.5. The molecular formula is C12H20O3. The number of benzene rings is 1. The van der Waals surface area contributed by atoms with E-state index in [9.17, 15) is 0 Å². The van der Waals surface area contributed by atoms with Gasteiger partial charge in [0, 0.05) is 0 Å². The summed E-state index contributed by atoms with van der Waals surface area (Å²) in [6.07, 6.45) is 0. The molecule has 0 fully saturated rings. The first-order valence-electron chi connectivity index (χ1n) is 5.16. The highest BCUT2D eigenvalue weighted by molar-refractivity contribution is 5.42. The zero-order valence-corrected chi connectivity index (χ0v) is 9.91. The number of ether oxygens (including phenoxy) is 2. The Balaban J connectivity index is 0.000000921. The lowest BCUT2D eigenvalue weighted by Gasteiger charge is -2.09. The van der Waals surface area contributed by atoms with Crippen molar-refractivity contribution in [3.63, 3.8) is 0 Å². The minimum Gasteiger partial charge on any atom is -0.493 e. The van der Waals surface area contributed by atoms with Crippen LogP contribution in [0.4, 0.5) is 0 Å². The van der Waals surface area contributed by atoms with Crippen molar-refractivity contribution in [2.24, 2.45) is 0 Å². The fourth-order valence-electron chi connectivity index (χ4n) is 1.05. The Morgan fingerprint density at radius 2 is 1.87 bits per heavy atom. The van der Waals surface area contributed by atoms with Gasteiger partial charge < -0.3 is 14.6 Å². The molecule has 0 heterocycles. The van der Waals surface area contributed by atoms with E-state index in [1.165, 1.54) is 0 Å². The molecule has 1 N–H and O–H groups in total. The molecule has 3 heteroatoms. The lowest BCUT2D eigenvalue weighted by atomic mass is 10.2. The van der Waals surface area contributed by atoms with Gasteiger partial charge in [-0.15, -0.1) is 0 Å². The summed E-state index contributed by atoms with van der Waals surface area (Å²) in [4.78, 5) is 0. The van der Waals surface area contributed by atoms with Gasteiger partial charge in [0.15, 0.2) is 11.5 Å². The summed E-state index contributed by atoms with van der Waals surface area (Å²) in [5.41, 5.74) is 1.12. The largest absolute Gasteiger partial charge is 0.493 e. The first-order chi connectivity index (χ1) is 7.27. The molecule has 15 heavy (non-hydrogen) atoms. The third kappa shape index (κ3) is 4.70. The predicted octanol–water partition coefficient (Wildman–Crippen LogP) is 2.40. The predicted molar refractivity (Wildman–Crippen MR) is 61.7 cm³/mol. The molecule has 0 atom stereocenters. The number of methoxy groups -OCH3 is 1. The van der Waals surface area contributed by atoms with Crippen LogP contribution in [0.25, 0.3) is 0 Å². The van der Waals surface area contributed by atoms with Gasteiger partial charge in [0.05, 0.1) is 13.7 Å². The summed E-state index contributed by atoms with van der Waals surface area (Å²) in [5, 5.41) is 8.58. The molecule has 0 spiro atoms. The van der Waals surface area contributed by atoms with Crippen LogP contribution in [0.3, 0.4) is 0 Å². The van der Waals surface area contributed by atoms with E-state index in [0.29, 0.717) is 18.1 Å². The van der Waals surface area contributed by atoms with Gasteiger partial charge in [0.25, 0.3) is 0 Å². The average Bonchev–Trinajstić information content (AvgIpc) is 2.30. The van der Waals surface area contributed by atoms with E-state index in [-0.39, 0.29) is 6.61 Å². The van der Waals surface area contributed by atoms with E-state index >= 15 is 0 Å². The number of hydrogen-bond acceptors (Lipinski definition) is 3. The van der Waals surface area contributed by atoms with Crippen LogP contribution in [0.5, 0.6) is 11.5 Å². The van der Waals surface area contributed by atoms with Crippen molar-refractivity contribution < 1.29 is 14.6 Å². The molecule has 0 aliphatic carbocycles. The fraction of sp³-hybridized carbons (Fsp3) is 0.500. The van der Waals surface area contributed by atoms with E-state index in [1.807, 2.05) is 39.0 Å². The molecule has 1 aromatic rings. The van der Waals surface area contributed by atoms with E-state index in [4.69, 9.17) is 14.6 Å². The van der Waals surface area contributed by atoms with Crippen molar-refractivity contribution >= 4 is 0 Å². The van der Waals surface area contributed by atoms with Gasteiger partial charge in [-0.2, -0.15) is 0 Å². The summed E-state index contributed by atoms with van der Waals surface area (Å²) in [6.45, 7) is 6.29. The second kappa shape index (κ2) is 8.12. The SMILES string of the molecule is CC.COc1cc(C)ccc1OCCO. The number of rotatable bonds is 4. The third-order valence-electron chi connectivity index (χ3n) is 1.67. The molecule has 1 rings (SSSR count). The first-order valence-corrected chi connectivity index (χ1v) is 5.16. The van der Waals surface area contributed by atoms with E-state index in [1.54, 1.807) is 7.11 Å². The van der Waals surface area contributed by atoms with Gasteiger partial charge in [-0.1, -0.05) is 19.9 Å². The van der Waals surface area contributed by atoms with E-state index < -0.39 is 0 Å². The van der Waals surface area contributed by atoms with Crippen molar-refractivity contribution in [3.05, 3.63) is 23.8 Å². The summed E-state index contributed by atoms with van der Waals surface area (Å²) in [5.74, 6) is 1.37. The van der Waals surface area contributed by atoms with Crippen molar-refractivity contribution in [2.75, 3.05) is 20.3 Å². The van der Waals surface area contributed by atoms with Crippen molar-refractivity contribution in [2.45, 2.75) is 20.8 Å². The Morgan fingerprint density at radius 3 is 2.40 bits per heavy atom. The van der Waals surface area contributed by atoms with Crippen molar-refractivity contribution in [1.29, 1.82) is 0 Å². The topological polar surface area (TPSA) is 38.7 Å². The van der Waals surface area contributed by atoms with Crippen molar-refractivity contribution in [3.8, 4) is 11.5 Å². The Labute approximate surface area is 91.6 Å². The second-order valence-electron chi connectivity index (χ2n) is 2.73. The normalized spacial score (nSPS) is 8.87. The van der Waals surface area contributed by atoms with Gasteiger partial charge in [-0.3, -0.25) is 0 Å². The molecule has 0 saturated carbocycles. The van der Waals surface area contributed by atoms with Gasteiger partial charge in [0.2, 0.25) is 0 Å². The Morgan fingerprint density at radius 1 is 1.20 bits per heavy atom. The number of hydrogen-bond donors (Lipinski definition) is 1. The molecule has 0 amide bonds. The molecule has 0 saturated heterocycles. The van der Waals surface area contributed by atoms with Gasteiger partial charge >= 0.3 is 0 Å². The minimum atomic E-state index is 0.0109. The lowest BCUT2D eigenvalue weighted by molar-refractivity contribution is 0.196. The second-order valence-corrected chi connectivity index (χ2v) is 2.73. The molecule has 0 bridgehead atoms. The number of aryl methyl sites for hydroxylation is 1. The molecule has 0 aromatic heterocycles. The maximum absolute atomic E-state index is 8.58. The molecule has 1 aromatic carbocycles. The minimum absolute atomic E-state index is 0.0109. The molecule has 3 nitrogen and oxygen atoms in total. The molecule has 0 unspecified atom stereocenters. The standard InChI is InChI=1S/C10H14O3.C2H6/c1-8-3-4-9(13-6-5-11)10(7-8)12-2;1-2/h3-4,7,11H,5-6H2,1-2H3;1-2H3. The van der Waals surface area contributed by atoms with Crippen molar-refractivity contribution in [1.82, 2.24) is 0 Å². The van der Waals surface area contributed by atoms with Gasteiger partial charge in [0.1, 0.15) is 6.61 Å². The summed E-state index contributed by atoms with van der Waals surface area (Å²) in [7, 11) is 1.60. The Bertz CT molecular complexity index is 272. The first kappa shape index (κ1) is 13.8. The van der Waals surface area contributed by atoms with Crippen LogP contribution in [0.2, 0.25) is 0 Å². The Hall–Kier alpha value is -1.22. The summed E-state index contributed by atoms with van der Waals surface area (Å²) < 4.78 is 10.4. The molecule has 0 aliphatic heterocycles. The van der Waals surface area contributed by atoms with Crippen LogP contribution >= 0.6 is 0 Å². The maximum atomic E-state index is 8.58. The van der Waals surface area contributed by atoms with Gasteiger partial charge in [-0.25, -0.2) is 0 Å². The molecule has 86 valence electrons. The zero-order chi connectivity index (χ0) is 11.7. The van der Waals surface area contributed by atoms with Gasteiger partial charge in [-0.05, 0) is 24.6 Å². The quantitative estimate of drug-likeness (QED) is 0.833. The smallest absolute Gasteiger partial charge is 0.161 e. The summed E-state index contributed by atoms with van der Waals surface area (Å²) in [6, 6.07) is 5.67. The van der Waals surface area contributed by atoms with E-state index in [2.05, 4.69) is 0 Å². The Kier molecular flexibility index (Phi) is 7.46. The van der Waals surface area contributed by atoms with E-state index in [0.717, 1.165) is 5.56 Å². The zero-order valence-electron chi connectivity index (χ0n) is 9.91. The lowest BCUT2D eigenvalue weighted by Crippen LogP contribution is -2.02. The van der Waals surface area contributed by atoms with Crippen LogP contribution in [0.15, 0.2) is 18.2 Å². The summed E-state index contributed by atoms with van der Waals surface area (Å²) >= 11 is 0. The molecule has 0 radical (unpaired) electrons. The number of aliphatic hydroxyl groups excluding tert-OH is 1. The highest BCUT2D eigenvalue weighted by Crippen LogP contribution is 2.27. The van der Waals surface area contributed by atoms with Crippen LogP contribution in [0, 0.1) is 6.92 Å². The monoisotopic (exact) mass is 212 g/mol. The van der Waals surface area contributed by atoms with Crippen LogP contribution in [-0.2, 0) is 0 Å². The van der Waals surface area contributed by atoms with Crippen LogP contribution in [-0.4, -0.2) is 25.4 Å². The number of aliphatic hydroxyl groups is 1. The van der Waals surface area contributed by atoms with Crippen LogP contribution < -0.4 is 9.47 Å². The fourth-order valence-corrected chi connectivity index (χ4v) is 1.05. The maximum Gasteiger partial charge on any atom is 0.161 e.